The summed E-state index contributed by atoms with van der Waals surface area (Å²) in [7, 11) is 0. The Morgan fingerprint density at radius 2 is 1.75 bits per heavy atom. The third kappa shape index (κ3) is 5.61. The van der Waals surface area contributed by atoms with Crippen LogP contribution in [0.1, 0.15) is 25.3 Å². The number of fused-ring (bicyclic) bond motifs is 1. The summed E-state index contributed by atoms with van der Waals surface area (Å²) in [4.78, 5) is 56.2. The third-order valence-corrected chi connectivity index (χ3v) is 7.41. The summed E-state index contributed by atoms with van der Waals surface area (Å²) < 4.78 is 15.6. The highest BCUT2D eigenvalue weighted by atomic mass is 16.7. The van der Waals surface area contributed by atoms with E-state index in [4.69, 9.17) is 14.2 Å². The van der Waals surface area contributed by atoms with Gasteiger partial charge in [-0.2, -0.15) is 0 Å². The molecule has 40 heavy (non-hydrogen) atoms. The summed E-state index contributed by atoms with van der Waals surface area (Å²) in [6.07, 6.45) is 0.783. The van der Waals surface area contributed by atoms with Crippen LogP contribution in [-0.4, -0.2) is 85.4 Å². The average molecular weight is 552 g/mol. The van der Waals surface area contributed by atoms with Crippen LogP contribution in [0.15, 0.2) is 48.5 Å². The number of urea groups is 1. The smallest absolute Gasteiger partial charge is 0.325 e. The number of carbonyl (C=O) groups is 4. The highest BCUT2D eigenvalue weighted by Gasteiger charge is 2.54. The van der Waals surface area contributed by atoms with Gasteiger partial charge in [0.2, 0.25) is 12.7 Å². The minimum absolute atomic E-state index is 0.0851. The minimum Gasteiger partial charge on any atom is -0.465 e. The molecule has 3 heterocycles. The van der Waals surface area contributed by atoms with Crippen molar-refractivity contribution in [2.45, 2.75) is 31.8 Å². The van der Waals surface area contributed by atoms with E-state index in [1.165, 1.54) is 0 Å². The van der Waals surface area contributed by atoms with Gasteiger partial charge in [-0.05, 0) is 49.6 Å². The Bertz CT molecular complexity index is 1260. The van der Waals surface area contributed by atoms with Crippen molar-refractivity contribution in [2.75, 3.05) is 51.1 Å². The summed E-state index contributed by atoms with van der Waals surface area (Å²) in [5.74, 6) is 0.403. The van der Waals surface area contributed by atoms with Gasteiger partial charge in [0, 0.05) is 25.3 Å². The summed E-state index contributed by atoms with van der Waals surface area (Å²) in [6.45, 7) is 3.03. The molecule has 2 aromatic carbocycles. The molecule has 0 unspecified atom stereocenters. The molecule has 212 valence electrons. The number of likely N-dealkylation sites (tertiary alicyclic amines) is 1. The number of nitrogens with zero attached hydrogens (tertiary/aromatic N) is 3. The molecule has 0 aliphatic carbocycles. The Morgan fingerprint density at radius 1 is 1.00 bits per heavy atom. The normalized spacial score (nSPS) is 17.2. The molecule has 1 spiro atoms. The molecule has 5 rings (SSSR count). The predicted molar refractivity (Wildman–Crippen MR) is 143 cm³/mol. The first-order chi connectivity index (χ1) is 19.4. The van der Waals surface area contributed by atoms with Gasteiger partial charge in [-0.25, -0.2) is 4.79 Å². The Kier molecular flexibility index (Phi) is 7.94. The number of anilines is 1. The number of piperidine rings is 1. The number of para-hydroxylation sites is 1. The van der Waals surface area contributed by atoms with Crippen LogP contribution in [0.25, 0.3) is 0 Å². The number of nitrogens with one attached hydrogen (secondary N) is 2. The van der Waals surface area contributed by atoms with Gasteiger partial charge in [0.05, 0.1) is 13.3 Å². The van der Waals surface area contributed by atoms with E-state index in [9.17, 15) is 19.2 Å². The van der Waals surface area contributed by atoms with Gasteiger partial charge in [-0.3, -0.25) is 14.4 Å². The van der Waals surface area contributed by atoms with Crippen LogP contribution in [0.4, 0.5) is 10.5 Å². The first-order valence-electron chi connectivity index (χ1n) is 13.4. The maximum absolute atomic E-state index is 13.9. The Morgan fingerprint density at radius 3 is 2.50 bits per heavy atom. The number of esters is 1. The lowest BCUT2D eigenvalue weighted by Gasteiger charge is -2.43. The van der Waals surface area contributed by atoms with E-state index in [-0.39, 0.29) is 51.0 Å². The fourth-order valence-electron chi connectivity index (χ4n) is 5.35. The topological polar surface area (TPSA) is 130 Å². The fraction of sp³-hybridized carbons (Fsp3) is 0.429. The van der Waals surface area contributed by atoms with E-state index in [0.29, 0.717) is 44.0 Å². The third-order valence-electron chi connectivity index (χ3n) is 7.41. The maximum atomic E-state index is 13.9. The second-order valence-electron chi connectivity index (χ2n) is 9.85. The molecule has 3 aliphatic rings. The zero-order valence-corrected chi connectivity index (χ0v) is 22.4. The number of hydrogen-bond donors (Lipinski definition) is 2. The maximum Gasteiger partial charge on any atom is 0.325 e. The monoisotopic (exact) mass is 551 g/mol. The molecule has 2 N–H and O–H groups in total. The Hall–Kier alpha value is -4.48. The molecule has 0 radical (unpaired) electrons. The molecule has 0 bridgehead atoms. The zero-order valence-electron chi connectivity index (χ0n) is 22.4. The van der Waals surface area contributed by atoms with Gasteiger partial charge < -0.3 is 39.5 Å². The molecular weight excluding hydrogens is 518 g/mol. The lowest BCUT2D eigenvalue weighted by molar-refractivity contribution is -0.141. The first kappa shape index (κ1) is 27.1. The molecule has 3 aliphatic heterocycles. The number of hydrogen-bond acceptors (Lipinski definition) is 8. The quantitative estimate of drug-likeness (QED) is 0.472. The van der Waals surface area contributed by atoms with Crippen molar-refractivity contribution in [3.05, 3.63) is 54.1 Å². The van der Waals surface area contributed by atoms with Gasteiger partial charge in [-0.1, -0.05) is 24.3 Å². The lowest BCUT2D eigenvalue weighted by Crippen LogP contribution is -2.58. The molecular formula is C28H33N5O7. The van der Waals surface area contributed by atoms with E-state index in [1.807, 2.05) is 47.4 Å². The van der Waals surface area contributed by atoms with E-state index in [2.05, 4.69) is 10.6 Å². The van der Waals surface area contributed by atoms with Crippen LogP contribution in [0.2, 0.25) is 0 Å². The number of amides is 4. The van der Waals surface area contributed by atoms with Crippen LogP contribution in [0.5, 0.6) is 11.5 Å². The fourth-order valence-corrected chi connectivity index (χ4v) is 5.35. The number of carbonyl (C=O) groups excluding carboxylic acids is 4. The van der Waals surface area contributed by atoms with Crippen molar-refractivity contribution < 1.29 is 33.4 Å². The van der Waals surface area contributed by atoms with Gasteiger partial charge in [-0.15, -0.1) is 0 Å². The largest absolute Gasteiger partial charge is 0.465 e. The van der Waals surface area contributed by atoms with Crippen LogP contribution in [0, 0.1) is 0 Å². The zero-order chi connectivity index (χ0) is 28.1. The lowest BCUT2D eigenvalue weighted by atomic mass is 9.85. The van der Waals surface area contributed by atoms with Crippen molar-refractivity contribution in [1.82, 2.24) is 20.4 Å². The van der Waals surface area contributed by atoms with E-state index in [0.717, 1.165) is 11.3 Å². The molecule has 2 aromatic rings. The van der Waals surface area contributed by atoms with Crippen molar-refractivity contribution in [1.29, 1.82) is 0 Å². The van der Waals surface area contributed by atoms with Crippen molar-refractivity contribution in [3.63, 3.8) is 0 Å². The first-order valence-corrected chi connectivity index (χ1v) is 13.4. The van der Waals surface area contributed by atoms with Crippen LogP contribution in [0.3, 0.4) is 0 Å². The van der Waals surface area contributed by atoms with Gasteiger partial charge in [0.15, 0.2) is 11.5 Å². The number of benzene rings is 2. The van der Waals surface area contributed by atoms with Crippen molar-refractivity contribution in [3.8, 4) is 11.5 Å². The molecule has 4 amide bonds. The Labute approximate surface area is 232 Å². The summed E-state index contributed by atoms with van der Waals surface area (Å²) in [5.41, 5.74) is 0.859. The van der Waals surface area contributed by atoms with Gasteiger partial charge in [0.25, 0.3) is 5.91 Å². The van der Waals surface area contributed by atoms with Crippen molar-refractivity contribution in [2.24, 2.45) is 0 Å². The van der Waals surface area contributed by atoms with Crippen LogP contribution in [-0.2, 0) is 25.7 Å². The number of ether oxygens (including phenoxy) is 3. The molecule has 2 saturated heterocycles. The highest BCUT2D eigenvalue weighted by molar-refractivity contribution is 5.96. The van der Waals surface area contributed by atoms with E-state index < -0.39 is 11.5 Å². The average Bonchev–Trinajstić information content (AvgIpc) is 3.54. The molecule has 12 nitrogen and oxygen atoms in total. The molecule has 0 atom stereocenters. The van der Waals surface area contributed by atoms with Crippen molar-refractivity contribution >= 4 is 29.5 Å². The summed E-state index contributed by atoms with van der Waals surface area (Å²) in [6, 6.07) is 14.7. The van der Waals surface area contributed by atoms with Gasteiger partial charge >= 0.3 is 12.0 Å². The molecule has 0 aromatic heterocycles. The second-order valence-corrected chi connectivity index (χ2v) is 9.85. The highest BCUT2D eigenvalue weighted by Crippen LogP contribution is 2.39. The van der Waals surface area contributed by atoms with Crippen LogP contribution >= 0.6 is 0 Å². The second kappa shape index (κ2) is 11.7. The number of rotatable bonds is 8. The molecule has 2 fully saturated rings. The van der Waals surface area contributed by atoms with Crippen LogP contribution < -0.4 is 25.0 Å². The van der Waals surface area contributed by atoms with Gasteiger partial charge in [0.1, 0.15) is 18.6 Å². The molecule has 0 saturated carbocycles. The standard InChI is InChI=1S/C28H33N5O7/c1-2-38-25(35)16-30-27(37)31-12-10-28(11-13-31)26(36)32(18-33(28)21-6-4-3-5-7-21)17-24(34)29-15-20-8-9-22-23(14-20)40-19-39-22/h3-9,14H,2,10-13,15-19H2,1H3,(H,29,34)(H,30,37). The summed E-state index contributed by atoms with van der Waals surface area (Å²) >= 11 is 0. The van der Waals surface area contributed by atoms with E-state index in [1.54, 1.807) is 22.8 Å². The molecule has 12 heteroatoms. The predicted octanol–water partition coefficient (Wildman–Crippen LogP) is 1.45. The SMILES string of the molecule is CCOC(=O)CNC(=O)N1CCC2(CC1)C(=O)N(CC(=O)NCc1ccc3c(c1)OCO3)CN2c1ccccc1. The minimum atomic E-state index is -0.878. The van der Waals surface area contributed by atoms with E-state index >= 15 is 0 Å². The Balaban J connectivity index is 1.23. The summed E-state index contributed by atoms with van der Waals surface area (Å²) in [5, 5.41) is 5.47.